The molecule has 0 radical (unpaired) electrons. The van der Waals surface area contributed by atoms with Crippen molar-refractivity contribution in [1.82, 2.24) is 15.0 Å². The van der Waals surface area contributed by atoms with Crippen LogP contribution in [0.2, 0.25) is 0 Å². The minimum Gasteiger partial charge on any atom is -0.355 e. The molecule has 1 aromatic carbocycles. The lowest BCUT2D eigenvalue weighted by atomic mass is 10.1. The Bertz CT molecular complexity index is 609. The number of aromatic nitrogens is 1. The minimum absolute atomic E-state index is 0.0452. The number of rotatable bonds is 2. The van der Waals surface area contributed by atoms with E-state index < -0.39 is 0 Å². The first-order valence-electron chi connectivity index (χ1n) is 7.24. The van der Waals surface area contributed by atoms with Gasteiger partial charge in [-0.3, -0.25) is 4.79 Å². The fourth-order valence-corrected chi connectivity index (χ4v) is 2.53. The lowest BCUT2D eigenvalue weighted by molar-refractivity contribution is 0.0752. The van der Waals surface area contributed by atoms with Crippen molar-refractivity contribution in [3.63, 3.8) is 0 Å². The second-order valence-corrected chi connectivity index (χ2v) is 5.39. The van der Waals surface area contributed by atoms with Gasteiger partial charge in [0.15, 0.2) is 11.5 Å². The molecule has 0 spiro atoms. The van der Waals surface area contributed by atoms with Crippen molar-refractivity contribution < 1.29 is 9.32 Å². The highest BCUT2D eigenvalue weighted by atomic mass is 16.5. The van der Waals surface area contributed by atoms with Gasteiger partial charge in [0.1, 0.15) is 0 Å². The normalized spacial score (nSPS) is 16.7. The van der Waals surface area contributed by atoms with Gasteiger partial charge in [0.2, 0.25) is 0 Å². The van der Waals surface area contributed by atoms with Crippen molar-refractivity contribution in [3.05, 3.63) is 42.1 Å². The molecule has 21 heavy (non-hydrogen) atoms. The van der Waals surface area contributed by atoms with Gasteiger partial charge in [0.25, 0.3) is 5.91 Å². The molecule has 0 atom stereocenters. The topological polar surface area (TPSA) is 49.6 Å². The molecule has 1 aliphatic rings. The third kappa shape index (κ3) is 3.13. The predicted molar refractivity (Wildman–Crippen MR) is 80.0 cm³/mol. The Hall–Kier alpha value is -2.14. The number of benzene rings is 1. The molecule has 110 valence electrons. The van der Waals surface area contributed by atoms with Crippen LogP contribution in [0.4, 0.5) is 0 Å². The zero-order valence-corrected chi connectivity index (χ0v) is 12.2. The van der Waals surface area contributed by atoms with E-state index in [9.17, 15) is 4.79 Å². The third-order valence-corrected chi connectivity index (χ3v) is 3.79. The molecule has 0 N–H and O–H groups in total. The van der Waals surface area contributed by atoms with E-state index in [0.29, 0.717) is 11.5 Å². The van der Waals surface area contributed by atoms with E-state index in [1.807, 2.05) is 35.2 Å². The summed E-state index contributed by atoms with van der Waals surface area (Å²) in [7, 11) is 2.08. The maximum atomic E-state index is 12.5. The zero-order valence-electron chi connectivity index (χ0n) is 12.2. The molecule has 1 saturated heterocycles. The molecular formula is C16H19N3O2. The van der Waals surface area contributed by atoms with Crippen LogP contribution in [0.25, 0.3) is 11.3 Å². The molecule has 2 aromatic rings. The Morgan fingerprint density at radius 3 is 2.76 bits per heavy atom. The first-order chi connectivity index (χ1) is 10.2. The Balaban J connectivity index is 1.75. The lowest BCUT2D eigenvalue weighted by Crippen LogP contribution is -2.34. The first kappa shape index (κ1) is 13.8. The van der Waals surface area contributed by atoms with E-state index in [2.05, 4.69) is 17.1 Å². The van der Waals surface area contributed by atoms with Crippen molar-refractivity contribution in [2.24, 2.45) is 0 Å². The van der Waals surface area contributed by atoms with E-state index in [1.54, 1.807) is 6.07 Å². The fraction of sp³-hybridized carbons (Fsp3) is 0.375. The molecule has 2 heterocycles. The Kier molecular flexibility index (Phi) is 4.01. The Morgan fingerprint density at radius 2 is 1.95 bits per heavy atom. The van der Waals surface area contributed by atoms with Crippen LogP contribution in [0.5, 0.6) is 0 Å². The Morgan fingerprint density at radius 1 is 1.14 bits per heavy atom. The number of amides is 1. The van der Waals surface area contributed by atoms with Gasteiger partial charge in [-0.05, 0) is 20.0 Å². The van der Waals surface area contributed by atoms with Crippen molar-refractivity contribution in [1.29, 1.82) is 0 Å². The first-order valence-corrected chi connectivity index (χ1v) is 7.24. The molecule has 3 rings (SSSR count). The average molecular weight is 285 g/mol. The SMILES string of the molecule is CN1CCCN(C(=O)c2cc(-c3ccccc3)on2)CC1. The van der Waals surface area contributed by atoms with Crippen LogP contribution in [-0.2, 0) is 0 Å². The van der Waals surface area contributed by atoms with Crippen LogP contribution in [0.3, 0.4) is 0 Å². The third-order valence-electron chi connectivity index (χ3n) is 3.79. The van der Waals surface area contributed by atoms with Gasteiger partial charge in [-0.25, -0.2) is 0 Å². The average Bonchev–Trinajstić information content (AvgIpc) is 2.91. The predicted octanol–water partition coefficient (Wildman–Crippen LogP) is 2.12. The highest BCUT2D eigenvalue weighted by Crippen LogP contribution is 2.20. The molecule has 1 amide bonds. The number of hydrogen-bond donors (Lipinski definition) is 0. The van der Waals surface area contributed by atoms with Gasteiger partial charge in [-0.2, -0.15) is 0 Å². The molecule has 1 fully saturated rings. The van der Waals surface area contributed by atoms with Crippen LogP contribution >= 0.6 is 0 Å². The second kappa shape index (κ2) is 6.10. The van der Waals surface area contributed by atoms with E-state index in [-0.39, 0.29) is 5.91 Å². The minimum atomic E-state index is -0.0452. The lowest BCUT2D eigenvalue weighted by Gasteiger charge is -2.18. The van der Waals surface area contributed by atoms with E-state index in [4.69, 9.17) is 4.52 Å². The molecular weight excluding hydrogens is 266 g/mol. The highest BCUT2D eigenvalue weighted by molar-refractivity contribution is 5.93. The molecule has 0 aliphatic carbocycles. The summed E-state index contributed by atoms with van der Waals surface area (Å²) in [4.78, 5) is 16.6. The van der Waals surface area contributed by atoms with Crippen LogP contribution < -0.4 is 0 Å². The summed E-state index contributed by atoms with van der Waals surface area (Å²) in [6, 6.07) is 11.4. The molecule has 0 unspecified atom stereocenters. The summed E-state index contributed by atoms with van der Waals surface area (Å²) in [6.45, 7) is 3.44. The fourth-order valence-electron chi connectivity index (χ4n) is 2.53. The molecule has 1 aromatic heterocycles. The largest absolute Gasteiger partial charge is 0.355 e. The highest BCUT2D eigenvalue weighted by Gasteiger charge is 2.22. The van der Waals surface area contributed by atoms with Crippen molar-refractivity contribution in [2.75, 3.05) is 33.2 Å². The Labute approximate surface area is 124 Å². The zero-order chi connectivity index (χ0) is 14.7. The van der Waals surface area contributed by atoms with Crippen LogP contribution in [0.15, 0.2) is 40.9 Å². The quantitative estimate of drug-likeness (QED) is 0.848. The van der Waals surface area contributed by atoms with Gasteiger partial charge in [0.05, 0.1) is 0 Å². The van der Waals surface area contributed by atoms with Gasteiger partial charge in [-0.1, -0.05) is 35.5 Å². The monoisotopic (exact) mass is 285 g/mol. The summed E-state index contributed by atoms with van der Waals surface area (Å²) < 4.78 is 5.31. The van der Waals surface area contributed by atoms with Crippen LogP contribution in [-0.4, -0.2) is 54.1 Å². The number of carbonyl (C=O) groups is 1. The summed E-state index contributed by atoms with van der Waals surface area (Å²) in [6.07, 6.45) is 0.992. The van der Waals surface area contributed by atoms with Crippen molar-refractivity contribution in [2.45, 2.75) is 6.42 Å². The van der Waals surface area contributed by atoms with Crippen LogP contribution in [0, 0.1) is 0 Å². The van der Waals surface area contributed by atoms with Crippen molar-refractivity contribution in [3.8, 4) is 11.3 Å². The van der Waals surface area contributed by atoms with Gasteiger partial charge >= 0.3 is 0 Å². The second-order valence-electron chi connectivity index (χ2n) is 5.39. The summed E-state index contributed by atoms with van der Waals surface area (Å²) in [5.41, 5.74) is 1.32. The smallest absolute Gasteiger partial charge is 0.276 e. The van der Waals surface area contributed by atoms with E-state index >= 15 is 0 Å². The number of nitrogens with zero attached hydrogens (tertiary/aromatic N) is 3. The van der Waals surface area contributed by atoms with Gasteiger partial charge < -0.3 is 14.3 Å². The maximum Gasteiger partial charge on any atom is 0.276 e. The van der Waals surface area contributed by atoms with E-state index in [0.717, 1.165) is 38.2 Å². The standard InChI is InChI=1S/C16H19N3O2/c1-18-8-5-9-19(11-10-18)16(20)14-12-15(21-17-14)13-6-3-2-4-7-13/h2-4,6-7,12H,5,8-11H2,1H3. The molecule has 5 nitrogen and oxygen atoms in total. The number of likely N-dealkylation sites (N-methyl/N-ethyl adjacent to an activating group) is 1. The molecule has 0 saturated carbocycles. The van der Waals surface area contributed by atoms with E-state index in [1.165, 1.54) is 0 Å². The summed E-state index contributed by atoms with van der Waals surface area (Å²) >= 11 is 0. The maximum absolute atomic E-state index is 12.5. The molecule has 5 heteroatoms. The molecule has 0 bridgehead atoms. The number of carbonyl (C=O) groups excluding carboxylic acids is 1. The van der Waals surface area contributed by atoms with Crippen LogP contribution in [0.1, 0.15) is 16.9 Å². The summed E-state index contributed by atoms with van der Waals surface area (Å²) in [5, 5.41) is 3.94. The van der Waals surface area contributed by atoms with Gasteiger partial charge in [-0.15, -0.1) is 0 Å². The number of hydrogen-bond acceptors (Lipinski definition) is 4. The summed E-state index contributed by atoms with van der Waals surface area (Å²) in [5.74, 6) is 0.585. The molecule has 1 aliphatic heterocycles. The van der Waals surface area contributed by atoms with Gasteiger partial charge in [0, 0.05) is 31.3 Å². The van der Waals surface area contributed by atoms with Crippen molar-refractivity contribution >= 4 is 5.91 Å².